The van der Waals surface area contributed by atoms with Gasteiger partial charge in [-0.15, -0.1) is 0 Å². The van der Waals surface area contributed by atoms with Gasteiger partial charge < -0.3 is 10.4 Å². The maximum atomic E-state index is 12.0. The zero-order valence-corrected chi connectivity index (χ0v) is 12.3. The van der Waals surface area contributed by atoms with Crippen LogP contribution in [0.5, 0.6) is 5.75 Å². The molecule has 0 atom stereocenters. The second-order valence-electron chi connectivity index (χ2n) is 3.63. The second kappa shape index (κ2) is 5.54. The fourth-order valence-corrected chi connectivity index (χ4v) is 2.14. The molecule has 3 nitrogen and oxygen atoms in total. The Kier molecular flexibility index (Phi) is 4.04. The van der Waals surface area contributed by atoms with Crippen molar-refractivity contribution in [3.63, 3.8) is 0 Å². The van der Waals surface area contributed by atoms with Gasteiger partial charge in [-0.1, -0.05) is 22.0 Å². The van der Waals surface area contributed by atoms with E-state index in [1.165, 1.54) is 12.1 Å². The van der Waals surface area contributed by atoms with Gasteiger partial charge in [-0.3, -0.25) is 4.79 Å². The first kappa shape index (κ1) is 13.1. The zero-order valence-electron chi connectivity index (χ0n) is 9.15. The molecule has 2 aromatic carbocycles. The number of hydrogen-bond acceptors (Lipinski definition) is 2. The minimum atomic E-state index is -0.273. The Labute approximate surface area is 121 Å². The van der Waals surface area contributed by atoms with Crippen molar-refractivity contribution < 1.29 is 9.90 Å². The van der Waals surface area contributed by atoms with E-state index in [4.69, 9.17) is 0 Å². The lowest BCUT2D eigenvalue weighted by Crippen LogP contribution is -2.12. The van der Waals surface area contributed by atoms with Crippen molar-refractivity contribution in [1.29, 1.82) is 0 Å². The number of halogens is 2. The van der Waals surface area contributed by atoms with Crippen molar-refractivity contribution in [2.24, 2.45) is 0 Å². The molecule has 0 unspecified atom stereocenters. The monoisotopic (exact) mass is 369 g/mol. The molecule has 2 N–H and O–H groups in total. The molecule has 2 aromatic rings. The van der Waals surface area contributed by atoms with Gasteiger partial charge in [0.05, 0.1) is 5.69 Å². The Morgan fingerprint density at radius 2 is 1.89 bits per heavy atom. The fourth-order valence-electron chi connectivity index (χ4n) is 1.43. The van der Waals surface area contributed by atoms with E-state index in [1.54, 1.807) is 18.2 Å². The van der Waals surface area contributed by atoms with E-state index in [0.717, 1.165) is 8.95 Å². The number of carbonyl (C=O) groups is 1. The van der Waals surface area contributed by atoms with Crippen LogP contribution >= 0.6 is 31.9 Å². The van der Waals surface area contributed by atoms with Crippen LogP contribution in [0.25, 0.3) is 0 Å². The van der Waals surface area contributed by atoms with Crippen LogP contribution < -0.4 is 5.32 Å². The molecule has 0 aliphatic heterocycles. The summed E-state index contributed by atoms with van der Waals surface area (Å²) in [7, 11) is 0. The first-order valence-electron chi connectivity index (χ1n) is 5.12. The molecule has 0 heterocycles. The summed E-state index contributed by atoms with van der Waals surface area (Å²) in [6.45, 7) is 0. The third kappa shape index (κ3) is 3.11. The number of phenols is 1. The van der Waals surface area contributed by atoms with Gasteiger partial charge >= 0.3 is 0 Å². The van der Waals surface area contributed by atoms with Gasteiger partial charge in [0.2, 0.25) is 0 Å². The number of benzene rings is 2. The average molecular weight is 371 g/mol. The molecule has 0 radical (unpaired) electrons. The number of rotatable bonds is 2. The van der Waals surface area contributed by atoms with Crippen molar-refractivity contribution in [2.75, 3.05) is 5.32 Å². The molecule has 1 amide bonds. The van der Waals surface area contributed by atoms with Gasteiger partial charge in [0.15, 0.2) is 0 Å². The summed E-state index contributed by atoms with van der Waals surface area (Å²) in [6, 6.07) is 11.7. The molecule has 0 aliphatic rings. The lowest BCUT2D eigenvalue weighted by atomic mass is 10.2. The van der Waals surface area contributed by atoms with Crippen LogP contribution in [0.4, 0.5) is 5.69 Å². The molecule has 0 aliphatic carbocycles. The predicted octanol–water partition coefficient (Wildman–Crippen LogP) is 4.17. The number of nitrogens with one attached hydrogen (secondary N) is 1. The molecular weight excluding hydrogens is 362 g/mol. The van der Waals surface area contributed by atoms with Crippen LogP contribution in [0, 0.1) is 0 Å². The number of amides is 1. The maximum absolute atomic E-state index is 12.0. The minimum absolute atomic E-state index is 0.0657. The van der Waals surface area contributed by atoms with Crippen LogP contribution in [0.3, 0.4) is 0 Å². The van der Waals surface area contributed by atoms with E-state index < -0.39 is 0 Å². The molecule has 5 heteroatoms. The molecule has 0 aromatic heterocycles. The van der Waals surface area contributed by atoms with Gasteiger partial charge in [-0.2, -0.15) is 0 Å². The molecule has 0 fully saturated rings. The Balaban J connectivity index is 2.24. The van der Waals surface area contributed by atoms with Crippen LogP contribution in [-0.4, -0.2) is 11.0 Å². The molecule has 0 spiro atoms. The van der Waals surface area contributed by atoms with E-state index in [0.29, 0.717) is 11.3 Å². The summed E-state index contributed by atoms with van der Waals surface area (Å²) < 4.78 is 1.66. The highest BCUT2D eigenvalue weighted by atomic mass is 79.9. The summed E-state index contributed by atoms with van der Waals surface area (Å²) >= 11 is 6.70. The van der Waals surface area contributed by atoms with Gasteiger partial charge in [-0.25, -0.2) is 0 Å². The summed E-state index contributed by atoms with van der Waals surface area (Å²) in [5, 5.41) is 12.1. The highest BCUT2D eigenvalue weighted by molar-refractivity contribution is 9.11. The zero-order chi connectivity index (χ0) is 13.1. The second-order valence-corrected chi connectivity index (χ2v) is 5.40. The number of phenolic OH excluding ortho intramolecular Hbond substituents is 1. The Morgan fingerprint density at radius 3 is 2.61 bits per heavy atom. The minimum Gasteiger partial charge on any atom is -0.508 e. The molecular formula is C13H9Br2NO2. The van der Waals surface area contributed by atoms with E-state index in [9.17, 15) is 9.90 Å². The number of carbonyl (C=O) groups excluding carboxylic acids is 1. The Hall–Kier alpha value is -1.33. The van der Waals surface area contributed by atoms with Gasteiger partial charge in [-0.05, 0) is 52.3 Å². The molecule has 92 valence electrons. The Morgan fingerprint density at radius 1 is 1.11 bits per heavy atom. The highest BCUT2D eigenvalue weighted by Crippen LogP contribution is 2.26. The lowest BCUT2D eigenvalue weighted by molar-refractivity contribution is 0.102. The van der Waals surface area contributed by atoms with Crippen LogP contribution in [0.15, 0.2) is 51.4 Å². The largest absolute Gasteiger partial charge is 0.508 e. The third-order valence-corrected chi connectivity index (χ3v) is 3.47. The van der Waals surface area contributed by atoms with Crippen molar-refractivity contribution in [3.8, 4) is 5.75 Å². The number of aromatic hydroxyl groups is 1. The van der Waals surface area contributed by atoms with Crippen molar-refractivity contribution in [2.45, 2.75) is 0 Å². The van der Waals surface area contributed by atoms with Crippen molar-refractivity contribution in [3.05, 3.63) is 57.0 Å². The first-order valence-corrected chi connectivity index (χ1v) is 6.70. The highest BCUT2D eigenvalue weighted by Gasteiger charge is 2.09. The quantitative estimate of drug-likeness (QED) is 0.833. The van der Waals surface area contributed by atoms with Crippen LogP contribution in [0.1, 0.15) is 10.4 Å². The predicted molar refractivity (Wildman–Crippen MR) is 77.9 cm³/mol. The first-order chi connectivity index (χ1) is 8.56. The Bertz CT molecular complexity index is 599. The fraction of sp³-hybridized carbons (Fsp3) is 0. The molecule has 0 bridgehead atoms. The summed E-state index contributed by atoms with van der Waals surface area (Å²) in [6.07, 6.45) is 0. The third-order valence-electron chi connectivity index (χ3n) is 2.28. The van der Waals surface area contributed by atoms with Gasteiger partial charge in [0.1, 0.15) is 5.75 Å². The van der Waals surface area contributed by atoms with E-state index in [1.807, 2.05) is 12.1 Å². The van der Waals surface area contributed by atoms with Gasteiger partial charge in [0, 0.05) is 14.5 Å². The smallest absolute Gasteiger partial charge is 0.255 e. The maximum Gasteiger partial charge on any atom is 0.255 e. The van der Waals surface area contributed by atoms with E-state index >= 15 is 0 Å². The normalized spacial score (nSPS) is 10.1. The lowest BCUT2D eigenvalue weighted by Gasteiger charge is -2.08. The van der Waals surface area contributed by atoms with E-state index in [-0.39, 0.29) is 11.7 Å². The van der Waals surface area contributed by atoms with Crippen molar-refractivity contribution >= 4 is 43.5 Å². The standard InChI is InChI=1S/C13H9Br2NO2/c14-9-4-5-11(15)12(7-9)16-13(18)8-2-1-3-10(17)6-8/h1-7,17H,(H,16,18). The molecule has 2 rings (SSSR count). The van der Waals surface area contributed by atoms with Gasteiger partial charge in [0.25, 0.3) is 5.91 Å². The SMILES string of the molecule is O=C(Nc1cc(Br)ccc1Br)c1cccc(O)c1. The summed E-state index contributed by atoms with van der Waals surface area (Å²) in [5.74, 6) is -0.208. The molecule has 0 saturated carbocycles. The van der Waals surface area contributed by atoms with E-state index in [2.05, 4.69) is 37.2 Å². The van der Waals surface area contributed by atoms with Crippen LogP contribution in [0.2, 0.25) is 0 Å². The van der Waals surface area contributed by atoms with Crippen molar-refractivity contribution in [1.82, 2.24) is 0 Å². The average Bonchev–Trinajstić information content (AvgIpc) is 2.34. The molecule has 18 heavy (non-hydrogen) atoms. The number of hydrogen-bond donors (Lipinski definition) is 2. The molecule has 0 saturated heterocycles. The topological polar surface area (TPSA) is 49.3 Å². The van der Waals surface area contributed by atoms with Crippen LogP contribution in [-0.2, 0) is 0 Å². The summed E-state index contributed by atoms with van der Waals surface area (Å²) in [5.41, 5.74) is 1.07. The summed E-state index contributed by atoms with van der Waals surface area (Å²) in [4.78, 5) is 12.0. The number of anilines is 1.